The molecular weight excluding hydrogens is 289 g/mol. The van der Waals surface area contributed by atoms with Crippen LogP contribution in [-0.2, 0) is 4.79 Å². The molecule has 1 rings (SSSR count). The standard InChI is InChI=1S/C13H21F3N2O3/c1-2-6-18(9-13(14,15)16)12(21)17-7-5-10(8-17)3-4-11(19)20/h10H,2-9H2,1H3,(H,19,20). The Balaban J connectivity index is 2.54. The van der Waals surface area contributed by atoms with Crippen molar-refractivity contribution in [1.82, 2.24) is 9.80 Å². The van der Waals surface area contributed by atoms with E-state index in [1.165, 1.54) is 4.90 Å². The van der Waals surface area contributed by atoms with E-state index in [4.69, 9.17) is 5.11 Å². The zero-order valence-electron chi connectivity index (χ0n) is 12.0. The number of carbonyl (C=O) groups excluding carboxylic acids is 1. The van der Waals surface area contributed by atoms with Gasteiger partial charge in [0.25, 0.3) is 0 Å². The minimum absolute atomic E-state index is 0.0217. The van der Waals surface area contributed by atoms with E-state index in [1.54, 1.807) is 6.92 Å². The van der Waals surface area contributed by atoms with Crippen molar-refractivity contribution < 1.29 is 27.9 Å². The molecule has 122 valence electrons. The second kappa shape index (κ2) is 7.51. The van der Waals surface area contributed by atoms with Gasteiger partial charge in [-0.1, -0.05) is 6.92 Å². The molecule has 8 heteroatoms. The highest BCUT2D eigenvalue weighted by molar-refractivity contribution is 5.74. The number of carbonyl (C=O) groups is 2. The van der Waals surface area contributed by atoms with Crippen molar-refractivity contribution in [3.8, 4) is 0 Å². The van der Waals surface area contributed by atoms with Crippen molar-refractivity contribution in [2.75, 3.05) is 26.2 Å². The topological polar surface area (TPSA) is 60.9 Å². The molecule has 1 heterocycles. The summed E-state index contributed by atoms with van der Waals surface area (Å²) in [6, 6.07) is -0.605. The molecule has 0 aromatic rings. The predicted octanol–water partition coefficient (Wildman–Crippen LogP) is 2.57. The maximum atomic E-state index is 12.5. The number of urea groups is 1. The minimum atomic E-state index is -4.41. The fourth-order valence-electron chi connectivity index (χ4n) is 2.50. The highest BCUT2D eigenvalue weighted by Gasteiger charge is 2.36. The fraction of sp³-hybridized carbons (Fsp3) is 0.846. The highest BCUT2D eigenvalue weighted by atomic mass is 19.4. The summed E-state index contributed by atoms with van der Waals surface area (Å²) in [5, 5.41) is 8.62. The number of hydrogen-bond donors (Lipinski definition) is 1. The van der Waals surface area contributed by atoms with Crippen LogP contribution in [0.4, 0.5) is 18.0 Å². The van der Waals surface area contributed by atoms with Gasteiger partial charge in [-0.25, -0.2) is 4.79 Å². The fourth-order valence-corrected chi connectivity index (χ4v) is 2.50. The van der Waals surface area contributed by atoms with E-state index >= 15 is 0 Å². The van der Waals surface area contributed by atoms with Crippen LogP contribution in [0.3, 0.4) is 0 Å². The molecule has 2 amide bonds. The lowest BCUT2D eigenvalue weighted by Crippen LogP contribution is -2.46. The van der Waals surface area contributed by atoms with Crippen molar-refractivity contribution in [2.45, 2.75) is 38.8 Å². The van der Waals surface area contributed by atoms with Gasteiger partial charge in [-0.2, -0.15) is 13.2 Å². The lowest BCUT2D eigenvalue weighted by atomic mass is 10.0. The van der Waals surface area contributed by atoms with Gasteiger partial charge in [0.15, 0.2) is 0 Å². The summed E-state index contributed by atoms with van der Waals surface area (Å²) in [5.74, 6) is -0.844. The zero-order chi connectivity index (χ0) is 16.0. The van der Waals surface area contributed by atoms with Crippen LogP contribution in [0, 0.1) is 5.92 Å². The summed E-state index contributed by atoms with van der Waals surface area (Å²) >= 11 is 0. The number of amides is 2. The summed E-state index contributed by atoms with van der Waals surface area (Å²) < 4.78 is 37.5. The minimum Gasteiger partial charge on any atom is -0.481 e. The van der Waals surface area contributed by atoms with Gasteiger partial charge in [-0.05, 0) is 25.2 Å². The van der Waals surface area contributed by atoms with Crippen LogP contribution < -0.4 is 0 Å². The van der Waals surface area contributed by atoms with Crippen LogP contribution in [0.1, 0.15) is 32.6 Å². The molecule has 0 bridgehead atoms. The molecule has 21 heavy (non-hydrogen) atoms. The first-order chi connectivity index (χ1) is 9.73. The van der Waals surface area contributed by atoms with E-state index in [0.29, 0.717) is 32.4 Å². The van der Waals surface area contributed by atoms with E-state index in [0.717, 1.165) is 4.90 Å². The Labute approximate surface area is 121 Å². The third kappa shape index (κ3) is 6.22. The Morgan fingerprint density at radius 3 is 2.57 bits per heavy atom. The van der Waals surface area contributed by atoms with Gasteiger partial charge >= 0.3 is 18.2 Å². The molecule has 1 aliphatic heterocycles. The van der Waals surface area contributed by atoms with Gasteiger partial charge in [-0.3, -0.25) is 4.79 Å². The number of aliphatic carboxylic acids is 1. The molecule has 0 radical (unpaired) electrons. The first-order valence-electron chi connectivity index (χ1n) is 7.05. The molecule has 1 fully saturated rings. The second-order valence-corrected chi connectivity index (χ2v) is 5.35. The summed E-state index contributed by atoms with van der Waals surface area (Å²) in [4.78, 5) is 24.9. The summed E-state index contributed by atoms with van der Waals surface area (Å²) in [5.41, 5.74) is 0. The third-order valence-corrected chi connectivity index (χ3v) is 3.46. The smallest absolute Gasteiger partial charge is 0.406 e. The second-order valence-electron chi connectivity index (χ2n) is 5.35. The lowest BCUT2D eigenvalue weighted by Gasteiger charge is -2.28. The maximum absolute atomic E-state index is 12.5. The van der Waals surface area contributed by atoms with Crippen LogP contribution in [0.15, 0.2) is 0 Å². The van der Waals surface area contributed by atoms with Gasteiger partial charge in [-0.15, -0.1) is 0 Å². The lowest BCUT2D eigenvalue weighted by molar-refractivity contribution is -0.141. The van der Waals surface area contributed by atoms with Gasteiger partial charge < -0.3 is 14.9 Å². The number of alkyl halides is 3. The first-order valence-corrected chi connectivity index (χ1v) is 7.05. The van der Waals surface area contributed by atoms with Gasteiger partial charge in [0.05, 0.1) is 0 Å². The summed E-state index contributed by atoms with van der Waals surface area (Å²) in [6.45, 7) is 1.27. The molecule has 1 unspecified atom stereocenters. The largest absolute Gasteiger partial charge is 0.481 e. The Morgan fingerprint density at radius 2 is 2.05 bits per heavy atom. The number of hydrogen-bond acceptors (Lipinski definition) is 2. The number of carboxylic acid groups (broad SMARTS) is 1. The number of nitrogens with zero attached hydrogens (tertiary/aromatic N) is 2. The van der Waals surface area contributed by atoms with E-state index in [2.05, 4.69) is 0 Å². The Hall–Kier alpha value is -1.47. The van der Waals surface area contributed by atoms with Crippen LogP contribution >= 0.6 is 0 Å². The SMILES string of the molecule is CCCN(CC(F)(F)F)C(=O)N1CCC(CCC(=O)O)C1. The predicted molar refractivity (Wildman–Crippen MR) is 69.9 cm³/mol. The molecular formula is C13H21F3N2O3. The van der Waals surface area contributed by atoms with E-state index in [9.17, 15) is 22.8 Å². The molecule has 1 aliphatic rings. The van der Waals surface area contributed by atoms with Crippen molar-refractivity contribution in [2.24, 2.45) is 5.92 Å². The quantitative estimate of drug-likeness (QED) is 0.820. The highest BCUT2D eigenvalue weighted by Crippen LogP contribution is 2.24. The molecule has 1 atom stereocenters. The van der Waals surface area contributed by atoms with Crippen molar-refractivity contribution in [1.29, 1.82) is 0 Å². The Morgan fingerprint density at radius 1 is 1.38 bits per heavy atom. The molecule has 0 aromatic heterocycles. The number of likely N-dealkylation sites (tertiary alicyclic amines) is 1. The van der Waals surface area contributed by atoms with Crippen LogP contribution in [0.25, 0.3) is 0 Å². The van der Waals surface area contributed by atoms with E-state index in [-0.39, 0.29) is 18.9 Å². The normalized spacial score (nSPS) is 18.9. The molecule has 5 nitrogen and oxygen atoms in total. The molecule has 0 saturated carbocycles. The van der Waals surface area contributed by atoms with Crippen LogP contribution in [0.5, 0.6) is 0 Å². The van der Waals surface area contributed by atoms with Crippen molar-refractivity contribution in [3.05, 3.63) is 0 Å². The van der Waals surface area contributed by atoms with Crippen LogP contribution in [-0.4, -0.2) is 59.3 Å². The monoisotopic (exact) mass is 310 g/mol. The van der Waals surface area contributed by atoms with Crippen molar-refractivity contribution in [3.63, 3.8) is 0 Å². The van der Waals surface area contributed by atoms with Gasteiger partial charge in [0.2, 0.25) is 0 Å². The van der Waals surface area contributed by atoms with Gasteiger partial charge in [0.1, 0.15) is 6.54 Å². The average molecular weight is 310 g/mol. The van der Waals surface area contributed by atoms with Crippen LogP contribution in [0.2, 0.25) is 0 Å². The van der Waals surface area contributed by atoms with E-state index < -0.39 is 24.7 Å². The molecule has 1 saturated heterocycles. The average Bonchev–Trinajstić information content (AvgIpc) is 2.82. The first kappa shape index (κ1) is 17.6. The number of rotatable bonds is 6. The molecule has 1 N–H and O–H groups in total. The molecule has 0 aromatic carbocycles. The Kier molecular flexibility index (Phi) is 6.29. The summed E-state index contributed by atoms with van der Waals surface area (Å²) in [7, 11) is 0. The molecule has 0 aliphatic carbocycles. The summed E-state index contributed by atoms with van der Waals surface area (Å²) in [6.07, 6.45) is -2.84. The Bertz CT molecular complexity index is 374. The zero-order valence-corrected chi connectivity index (χ0v) is 12.0. The third-order valence-electron chi connectivity index (χ3n) is 3.46. The van der Waals surface area contributed by atoms with Crippen molar-refractivity contribution >= 4 is 12.0 Å². The number of halogens is 3. The number of carboxylic acids is 1. The maximum Gasteiger partial charge on any atom is 0.406 e. The molecule has 0 spiro atoms. The van der Waals surface area contributed by atoms with Gasteiger partial charge in [0, 0.05) is 26.1 Å². The van der Waals surface area contributed by atoms with E-state index in [1.807, 2.05) is 0 Å².